The van der Waals surface area contributed by atoms with Crippen LogP contribution in [0.25, 0.3) is 0 Å². The third-order valence-corrected chi connectivity index (χ3v) is 6.41. The van der Waals surface area contributed by atoms with Gasteiger partial charge in [0.1, 0.15) is 5.75 Å². The van der Waals surface area contributed by atoms with Crippen LogP contribution in [0, 0.1) is 0 Å². The zero-order chi connectivity index (χ0) is 17.0. The largest absolute Gasteiger partial charge is 0.494 e. The average Bonchev–Trinajstić information content (AvgIpc) is 2.61. The van der Waals surface area contributed by atoms with E-state index in [4.69, 9.17) is 14.2 Å². The molecule has 2 fully saturated rings. The van der Waals surface area contributed by atoms with Gasteiger partial charge in [-0.25, -0.2) is 8.42 Å². The summed E-state index contributed by atoms with van der Waals surface area (Å²) in [4.78, 5) is 0.301. The third-order valence-electron chi connectivity index (χ3n) is 4.55. The van der Waals surface area contributed by atoms with Crippen molar-refractivity contribution in [2.45, 2.75) is 36.7 Å². The Hall–Kier alpha value is -1.15. The molecule has 0 aliphatic carbocycles. The van der Waals surface area contributed by atoms with E-state index in [1.165, 1.54) is 0 Å². The van der Waals surface area contributed by atoms with Crippen LogP contribution in [0.15, 0.2) is 29.2 Å². The molecular formula is C17H25NO5S. The highest BCUT2D eigenvalue weighted by Crippen LogP contribution is 2.32. The third kappa shape index (κ3) is 3.74. The number of rotatable bonds is 5. The molecule has 0 amide bonds. The van der Waals surface area contributed by atoms with E-state index in [0.29, 0.717) is 50.2 Å². The normalized spacial score (nSPS) is 21.7. The van der Waals surface area contributed by atoms with Gasteiger partial charge >= 0.3 is 0 Å². The standard InChI is InChI=1S/C17H25NO5S/c1-2-10-22-15-3-5-16(6-4-15)24(19,20)18-9-13-23-17(14-18)7-11-21-12-8-17/h3-6H,2,7-14H2,1H3. The van der Waals surface area contributed by atoms with Gasteiger partial charge in [0.2, 0.25) is 10.0 Å². The van der Waals surface area contributed by atoms with Crippen molar-refractivity contribution < 1.29 is 22.6 Å². The van der Waals surface area contributed by atoms with Crippen LogP contribution >= 0.6 is 0 Å². The Morgan fingerprint density at radius 1 is 1.17 bits per heavy atom. The van der Waals surface area contributed by atoms with Gasteiger partial charge in [-0.3, -0.25) is 0 Å². The number of hydrogen-bond acceptors (Lipinski definition) is 5. The van der Waals surface area contributed by atoms with E-state index in [1.807, 2.05) is 6.92 Å². The SMILES string of the molecule is CCCOc1ccc(S(=O)(=O)N2CCOC3(CCOCC3)C2)cc1. The lowest BCUT2D eigenvalue weighted by atomic mass is 9.93. The summed E-state index contributed by atoms with van der Waals surface area (Å²) in [7, 11) is -3.52. The predicted molar refractivity (Wildman–Crippen MR) is 89.7 cm³/mol. The molecule has 7 heteroatoms. The van der Waals surface area contributed by atoms with Crippen molar-refractivity contribution in [3.8, 4) is 5.75 Å². The molecule has 134 valence electrons. The lowest BCUT2D eigenvalue weighted by Crippen LogP contribution is -2.55. The Morgan fingerprint density at radius 3 is 2.54 bits per heavy atom. The van der Waals surface area contributed by atoms with Crippen LogP contribution in [0.3, 0.4) is 0 Å². The van der Waals surface area contributed by atoms with E-state index >= 15 is 0 Å². The van der Waals surface area contributed by atoms with Crippen LogP contribution < -0.4 is 4.74 Å². The number of sulfonamides is 1. The Bertz CT molecular complexity index is 632. The molecule has 0 N–H and O–H groups in total. The first-order valence-electron chi connectivity index (χ1n) is 8.50. The van der Waals surface area contributed by atoms with Crippen molar-refractivity contribution in [3.63, 3.8) is 0 Å². The van der Waals surface area contributed by atoms with E-state index in [0.717, 1.165) is 19.3 Å². The van der Waals surface area contributed by atoms with Crippen LogP contribution in [-0.2, 0) is 19.5 Å². The van der Waals surface area contributed by atoms with Gasteiger partial charge in [0.15, 0.2) is 0 Å². The zero-order valence-corrected chi connectivity index (χ0v) is 14.9. The summed E-state index contributed by atoms with van der Waals surface area (Å²) in [6.45, 7) is 5.11. The fourth-order valence-electron chi connectivity index (χ4n) is 3.14. The predicted octanol–water partition coefficient (Wildman–Crippen LogP) is 2.05. The molecule has 2 aliphatic rings. The van der Waals surface area contributed by atoms with Crippen molar-refractivity contribution in [1.29, 1.82) is 0 Å². The van der Waals surface area contributed by atoms with E-state index in [2.05, 4.69) is 0 Å². The van der Waals surface area contributed by atoms with Gasteiger partial charge in [0.05, 0.1) is 23.7 Å². The number of nitrogens with zero attached hydrogens (tertiary/aromatic N) is 1. The van der Waals surface area contributed by atoms with Crippen molar-refractivity contribution in [1.82, 2.24) is 4.31 Å². The number of hydrogen-bond donors (Lipinski definition) is 0. The second-order valence-electron chi connectivity index (χ2n) is 6.30. The molecule has 1 aromatic rings. The monoisotopic (exact) mass is 355 g/mol. The molecule has 6 nitrogen and oxygen atoms in total. The number of benzene rings is 1. The first-order chi connectivity index (χ1) is 11.6. The minimum atomic E-state index is -3.52. The minimum absolute atomic E-state index is 0.301. The van der Waals surface area contributed by atoms with Crippen LogP contribution in [0.5, 0.6) is 5.75 Å². The molecule has 0 atom stereocenters. The summed E-state index contributed by atoms with van der Waals surface area (Å²) >= 11 is 0. The van der Waals surface area contributed by atoms with E-state index in [1.54, 1.807) is 28.6 Å². The summed E-state index contributed by atoms with van der Waals surface area (Å²) in [6, 6.07) is 6.67. The molecule has 24 heavy (non-hydrogen) atoms. The maximum Gasteiger partial charge on any atom is 0.243 e. The Morgan fingerprint density at radius 2 is 1.88 bits per heavy atom. The lowest BCUT2D eigenvalue weighted by Gasteiger charge is -2.44. The maximum absolute atomic E-state index is 12.9. The van der Waals surface area contributed by atoms with Crippen LogP contribution in [0.1, 0.15) is 26.2 Å². The maximum atomic E-state index is 12.9. The van der Waals surface area contributed by atoms with Gasteiger partial charge in [0, 0.05) is 39.1 Å². The molecule has 2 aliphatic heterocycles. The van der Waals surface area contributed by atoms with Gasteiger partial charge in [-0.2, -0.15) is 4.31 Å². The summed E-state index contributed by atoms with van der Waals surface area (Å²) in [6.07, 6.45) is 2.39. The molecule has 2 heterocycles. The van der Waals surface area contributed by atoms with Crippen molar-refractivity contribution in [2.24, 2.45) is 0 Å². The average molecular weight is 355 g/mol. The molecule has 1 aromatic carbocycles. The molecule has 0 aromatic heterocycles. The summed E-state index contributed by atoms with van der Waals surface area (Å²) in [5.41, 5.74) is -0.395. The van der Waals surface area contributed by atoms with Crippen molar-refractivity contribution >= 4 is 10.0 Å². The molecular weight excluding hydrogens is 330 g/mol. The summed E-state index contributed by atoms with van der Waals surface area (Å²) < 4.78 is 44.2. The van der Waals surface area contributed by atoms with E-state index in [-0.39, 0.29) is 0 Å². The quantitative estimate of drug-likeness (QED) is 0.809. The van der Waals surface area contributed by atoms with Gasteiger partial charge in [-0.1, -0.05) is 6.92 Å². The first kappa shape index (κ1) is 17.7. The number of morpholine rings is 1. The highest BCUT2D eigenvalue weighted by atomic mass is 32.2. The lowest BCUT2D eigenvalue weighted by molar-refractivity contribution is -0.139. The smallest absolute Gasteiger partial charge is 0.243 e. The Labute approximate surface area is 143 Å². The van der Waals surface area contributed by atoms with E-state index in [9.17, 15) is 8.42 Å². The minimum Gasteiger partial charge on any atom is -0.494 e. The Kier molecular flexibility index (Phi) is 5.44. The molecule has 2 saturated heterocycles. The fourth-order valence-corrected chi connectivity index (χ4v) is 4.64. The fraction of sp³-hybridized carbons (Fsp3) is 0.647. The Balaban J connectivity index is 1.74. The second kappa shape index (κ2) is 7.39. The molecule has 1 spiro atoms. The van der Waals surface area contributed by atoms with Crippen LogP contribution in [0.4, 0.5) is 0 Å². The topological polar surface area (TPSA) is 65.1 Å². The summed E-state index contributed by atoms with van der Waals surface area (Å²) in [5.74, 6) is 0.693. The molecule has 3 rings (SSSR count). The highest BCUT2D eigenvalue weighted by molar-refractivity contribution is 7.89. The van der Waals surface area contributed by atoms with E-state index < -0.39 is 15.6 Å². The molecule has 0 radical (unpaired) electrons. The zero-order valence-electron chi connectivity index (χ0n) is 14.1. The molecule has 0 unspecified atom stereocenters. The van der Waals surface area contributed by atoms with Crippen LogP contribution in [0.2, 0.25) is 0 Å². The van der Waals surface area contributed by atoms with Crippen molar-refractivity contribution in [3.05, 3.63) is 24.3 Å². The molecule has 0 bridgehead atoms. The van der Waals surface area contributed by atoms with Crippen LogP contribution in [-0.4, -0.2) is 57.8 Å². The highest BCUT2D eigenvalue weighted by Gasteiger charge is 2.42. The van der Waals surface area contributed by atoms with Gasteiger partial charge in [0.25, 0.3) is 0 Å². The first-order valence-corrected chi connectivity index (χ1v) is 9.94. The van der Waals surface area contributed by atoms with Crippen molar-refractivity contribution in [2.75, 3.05) is 39.5 Å². The summed E-state index contributed by atoms with van der Waals surface area (Å²) in [5, 5.41) is 0. The van der Waals surface area contributed by atoms with Gasteiger partial charge in [-0.05, 0) is 30.7 Å². The van der Waals surface area contributed by atoms with Gasteiger partial charge in [-0.15, -0.1) is 0 Å². The van der Waals surface area contributed by atoms with Gasteiger partial charge < -0.3 is 14.2 Å². The molecule has 0 saturated carbocycles. The number of ether oxygens (including phenoxy) is 3. The second-order valence-corrected chi connectivity index (χ2v) is 8.24.